The third-order valence-corrected chi connectivity index (χ3v) is 4.23. The SMILES string of the molecule is CCC(C)N(CCNC1CCCCC1)CCOC. The molecule has 1 atom stereocenters. The minimum atomic E-state index is 0.660. The molecule has 0 saturated heterocycles. The van der Waals surface area contributed by atoms with Crippen LogP contribution in [-0.4, -0.2) is 50.3 Å². The summed E-state index contributed by atoms with van der Waals surface area (Å²) in [6.45, 7) is 8.74. The molecule has 0 bridgehead atoms. The summed E-state index contributed by atoms with van der Waals surface area (Å²) in [6, 6.07) is 1.44. The second kappa shape index (κ2) is 9.76. The van der Waals surface area contributed by atoms with Crippen molar-refractivity contribution in [2.75, 3.05) is 33.4 Å². The van der Waals surface area contributed by atoms with Crippen LogP contribution in [0.25, 0.3) is 0 Å². The van der Waals surface area contributed by atoms with Crippen LogP contribution in [0.2, 0.25) is 0 Å². The predicted molar refractivity (Wildman–Crippen MR) is 78.1 cm³/mol. The Balaban J connectivity index is 2.18. The number of ether oxygens (including phenoxy) is 1. The van der Waals surface area contributed by atoms with E-state index < -0.39 is 0 Å². The van der Waals surface area contributed by atoms with Crippen molar-refractivity contribution in [3.63, 3.8) is 0 Å². The zero-order valence-corrected chi connectivity index (χ0v) is 12.6. The fourth-order valence-electron chi connectivity index (χ4n) is 2.74. The van der Waals surface area contributed by atoms with Crippen LogP contribution >= 0.6 is 0 Å². The Morgan fingerprint density at radius 2 is 1.94 bits per heavy atom. The second-order valence-electron chi connectivity index (χ2n) is 5.58. The molecule has 0 aromatic rings. The van der Waals surface area contributed by atoms with E-state index in [1.54, 1.807) is 7.11 Å². The summed E-state index contributed by atoms with van der Waals surface area (Å²) in [6.07, 6.45) is 8.23. The highest BCUT2D eigenvalue weighted by molar-refractivity contribution is 4.73. The van der Waals surface area contributed by atoms with Crippen molar-refractivity contribution in [1.29, 1.82) is 0 Å². The summed E-state index contributed by atoms with van der Waals surface area (Å²) in [4.78, 5) is 2.54. The monoisotopic (exact) mass is 256 g/mol. The van der Waals surface area contributed by atoms with Gasteiger partial charge in [0.05, 0.1) is 6.61 Å². The molecular formula is C15H32N2O. The lowest BCUT2D eigenvalue weighted by Gasteiger charge is -2.30. The van der Waals surface area contributed by atoms with E-state index in [-0.39, 0.29) is 0 Å². The molecular weight excluding hydrogens is 224 g/mol. The number of methoxy groups -OCH3 is 1. The standard InChI is InChI=1S/C15H32N2O/c1-4-14(2)17(12-13-18-3)11-10-16-15-8-6-5-7-9-15/h14-16H,4-13H2,1-3H3. The summed E-state index contributed by atoms with van der Waals surface area (Å²) < 4.78 is 5.20. The second-order valence-corrected chi connectivity index (χ2v) is 5.58. The molecule has 1 unspecified atom stereocenters. The van der Waals surface area contributed by atoms with E-state index in [0.29, 0.717) is 6.04 Å². The van der Waals surface area contributed by atoms with Crippen molar-refractivity contribution in [3.8, 4) is 0 Å². The molecule has 3 nitrogen and oxygen atoms in total. The summed E-state index contributed by atoms with van der Waals surface area (Å²) >= 11 is 0. The zero-order chi connectivity index (χ0) is 13.2. The Morgan fingerprint density at radius 1 is 1.22 bits per heavy atom. The summed E-state index contributed by atoms with van der Waals surface area (Å²) in [5, 5.41) is 3.72. The molecule has 1 fully saturated rings. The lowest BCUT2D eigenvalue weighted by molar-refractivity contribution is 0.122. The van der Waals surface area contributed by atoms with Gasteiger partial charge in [-0.2, -0.15) is 0 Å². The van der Waals surface area contributed by atoms with Crippen LogP contribution in [0.4, 0.5) is 0 Å². The number of hydrogen-bond acceptors (Lipinski definition) is 3. The Hall–Kier alpha value is -0.120. The third kappa shape index (κ3) is 6.17. The average Bonchev–Trinajstić information content (AvgIpc) is 2.43. The molecule has 0 aromatic carbocycles. The van der Waals surface area contributed by atoms with Crippen LogP contribution in [0.3, 0.4) is 0 Å². The zero-order valence-electron chi connectivity index (χ0n) is 12.6. The molecule has 1 saturated carbocycles. The molecule has 1 aliphatic carbocycles. The summed E-state index contributed by atoms with van der Waals surface area (Å²) in [5.41, 5.74) is 0. The molecule has 18 heavy (non-hydrogen) atoms. The first kappa shape index (κ1) is 15.9. The quantitative estimate of drug-likeness (QED) is 0.686. The van der Waals surface area contributed by atoms with Crippen LogP contribution in [0.15, 0.2) is 0 Å². The van der Waals surface area contributed by atoms with Gasteiger partial charge in [0, 0.05) is 38.8 Å². The van der Waals surface area contributed by atoms with E-state index in [9.17, 15) is 0 Å². The Kier molecular flexibility index (Phi) is 8.64. The minimum Gasteiger partial charge on any atom is -0.383 e. The van der Waals surface area contributed by atoms with Crippen LogP contribution in [0.1, 0.15) is 52.4 Å². The van der Waals surface area contributed by atoms with Gasteiger partial charge in [-0.3, -0.25) is 4.90 Å². The lowest BCUT2D eigenvalue weighted by Crippen LogP contribution is -2.42. The maximum Gasteiger partial charge on any atom is 0.0589 e. The van der Waals surface area contributed by atoms with Gasteiger partial charge in [-0.05, 0) is 26.2 Å². The summed E-state index contributed by atoms with van der Waals surface area (Å²) in [7, 11) is 1.79. The van der Waals surface area contributed by atoms with Crippen LogP contribution in [0.5, 0.6) is 0 Å². The topological polar surface area (TPSA) is 24.5 Å². The summed E-state index contributed by atoms with van der Waals surface area (Å²) in [5.74, 6) is 0. The van der Waals surface area contributed by atoms with Gasteiger partial charge < -0.3 is 10.1 Å². The number of nitrogens with one attached hydrogen (secondary N) is 1. The van der Waals surface area contributed by atoms with Gasteiger partial charge in [-0.25, -0.2) is 0 Å². The van der Waals surface area contributed by atoms with E-state index in [0.717, 1.165) is 32.3 Å². The third-order valence-electron chi connectivity index (χ3n) is 4.23. The van der Waals surface area contributed by atoms with Gasteiger partial charge in [0.1, 0.15) is 0 Å². The molecule has 0 amide bonds. The van der Waals surface area contributed by atoms with E-state index in [4.69, 9.17) is 4.74 Å². The molecule has 0 heterocycles. The van der Waals surface area contributed by atoms with Crippen molar-refractivity contribution in [2.24, 2.45) is 0 Å². The van der Waals surface area contributed by atoms with Crippen molar-refractivity contribution >= 4 is 0 Å². The van der Waals surface area contributed by atoms with Crippen LogP contribution < -0.4 is 5.32 Å². The van der Waals surface area contributed by atoms with E-state index in [1.807, 2.05) is 0 Å². The molecule has 108 valence electrons. The maximum absolute atomic E-state index is 5.20. The molecule has 0 aliphatic heterocycles. The fraction of sp³-hybridized carbons (Fsp3) is 1.00. The van der Waals surface area contributed by atoms with Gasteiger partial charge in [-0.15, -0.1) is 0 Å². The normalized spacial score (nSPS) is 19.3. The Labute approximate surface area is 113 Å². The lowest BCUT2D eigenvalue weighted by atomic mass is 9.95. The molecule has 0 aromatic heterocycles. The highest BCUT2D eigenvalue weighted by atomic mass is 16.5. The molecule has 0 radical (unpaired) electrons. The molecule has 1 N–H and O–H groups in total. The van der Waals surface area contributed by atoms with E-state index >= 15 is 0 Å². The molecule has 3 heteroatoms. The van der Waals surface area contributed by atoms with Gasteiger partial charge in [0.25, 0.3) is 0 Å². The Morgan fingerprint density at radius 3 is 2.56 bits per heavy atom. The smallest absolute Gasteiger partial charge is 0.0589 e. The van der Waals surface area contributed by atoms with Crippen molar-refractivity contribution < 1.29 is 4.74 Å². The highest BCUT2D eigenvalue weighted by Gasteiger charge is 2.14. The van der Waals surface area contributed by atoms with Crippen LogP contribution in [0, 0.1) is 0 Å². The first-order chi connectivity index (χ1) is 8.77. The Bertz CT molecular complexity index is 193. The number of hydrogen-bond donors (Lipinski definition) is 1. The predicted octanol–water partition coefficient (Wildman–Crippen LogP) is 2.66. The van der Waals surface area contributed by atoms with E-state index in [1.165, 1.54) is 38.5 Å². The van der Waals surface area contributed by atoms with Gasteiger partial charge in [0.15, 0.2) is 0 Å². The van der Waals surface area contributed by atoms with Gasteiger partial charge >= 0.3 is 0 Å². The van der Waals surface area contributed by atoms with Gasteiger partial charge in [0.2, 0.25) is 0 Å². The molecule has 0 spiro atoms. The first-order valence-corrected chi connectivity index (χ1v) is 7.74. The van der Waals surface area contributed by atoms with Crippen molar-refractivity contribution in [3.05, 3.63) is 0 Å². The largest absolute Gasteiger partial charge is 0.383 e. The maximum atomic E-state index is 5.20. The van der Waals surface area contributed by atoms with E-state index in [2.05, 4.69) is 24.1 Å². The molecule has 1 rings (SSSR count). The highest BCUT2D eigenvalue weighted by Crippen LogP contribution is 2.17. The van der Waals surface area contributed by atoms with Crippen LogP contribution in [-0.2, 0) is 4.74 Å². The number of rotatable bonds is 9. The average molecular weight is 256 g/mol. The number of nitrogens with zero attached hydrogens (tertiary/aromatic N) is 1. The van der Waals surface area contributed by atoms with Crippen molar-refractivity contribution in [1.82, 2.24) is 10.2 Å². The fourth-order valence-corrected chi connectivity index (χ4v) is 2.74. The van der Waals surface area contributed by atoms with Crippen molar-refractivity contribution in [2.45, 2.75) is 64.5 Å². The molecule has 1 aliphatic rings. The minimum absolute atomic E-state index is 0.660. The van der Waals surface area contributed by atoms with Gasteiger partial charge in [-0.1, -0.05) is 26.2 Å². The first-order valence-electron chi connectivity index (χ1n) is 7.74.